The van der Waals surface area contributed by atoms with E-state index < -0.39 is 41.4 Å². The molecule has 1 rings (SSSR count). The van der Waals surface area contributed by atoms with Crippen molar-refractivity contribution in [3.8, 4) is 0 Å². The second kappa shape index (κ2) is 10.8. The molecule has 0 saturated heterocycles. The number of nitrogens with zero attached hydrogens (tertiary/aromatic N) is 1. The van der Waals surface area contributed by atoms with E-state index >= 15 is 0 Å². The Hall–Kier alpha value is -3.57. The third kappa shape index (κ3) is 9.08. The van der Waals surface area contributed by atoms with Crippen LogP contribution in [-0.4, -0.2) is 48.0 Å². The van der Waals surface area contributed by atoms with Crippen molar-refractivity contribution < 1.29 is 28.3 Å². The van der Waals surface area contributed by atoms with Gasteiger partial charge in [-0.1, -0.05) is 0 Å². The summed E-state index contributed by atoms with van der Waals surface area (Å²) >= 11 is 0. The molecule has 30 heavy (non-hydrogen) atoms. The zero-order chi connectivity index (χ0) is 22.9. The van der Waals surface area contributed by atoms with Gasteiger partial charge in [0.15, 0.2) is 17.5 Å². The molecule has 0 aliphatic rings. The lowest BCUT2D eigenvalue weighted by Crippen LogP contribution is -2.44. The molecule has 4 amide bonds. The number of primary amides is 1. The van der Waals surface area contributed by atoms with Crippen LogP contribution in [0.2, 0.25) is 0 Å². The van der Waals surface area contributed by atoms with Crippen LogP contribution in [0.25, 0.3) is 0 Å². The summed E-state index contributed by atoms with van der Waals surface area (Å²) in [6.07, 6.45) is 0.746. The molecule has 0 aliphatic heterocycles. The molecule has 166 valence electrons. The largest absolute Gasteiger partial charge is 0.446 e. The van der Waals surface area contributed by atoms with Crippen LogP contribution in [0.15, 0.2) is 21.5 Å². The van der Waals surface area contributed by atoms with Gasteiger partial charge in [-0.25, -0.2) is 4.79 Å². The van der Waals surface area contributed by atoms with E-state index in [2.05, 4.69) is 15.6 Å². The highest BCUT2D eigenvalue weighted by atomic mass is 16.6. The number of aliphatic imine (C=N–C) groups is 1. The van der Waals surface area contributed by atoms with E-state index in [0.29, 0.717) is 19.4 Å². The summed E-state index contributed by atoms with van der Waals surface area (Å²) in [4.78, 5) is 50.4. The fraction of sp³-hybridized carbons (Fsp3) is 0.500. The van der Waals surface area contributed by atoms with E-state index in [1.54, 1.807) is 20.8 Å². The monoisotopic (exact) mass is 424 g/mol. The number of alkyl carbamates (subject to hydrolysis) is 1. The van der Waals surface area contributed by atoms with E-state index in [9.17, 15) is 19.2 Å². The van der Waals surface area contributed by atoms with Crippen molar-refractivity contribution in [1.29, 1.82) is 0 Å². The molecule has 1 unspecified atom stereocenters. The third-order valence-corrected chi connectivity index (χ3v) is 3.51. The summed E-state index contributed by atoms with van der Waals surface area (Å²) in [5.41, 5.74) is 15.0. The fourth-order valence-corrected chi connectivity index (χ4v) is 2.24. The normalized spacial score (nSPS) is 11.8. The van der Waals surface area contributed by atoms with Crippen molar-refractivity contribution in [3.05, 3.63) is 23.7 Å². The van der Waals surface area contributed by atoms with Gasteiger partial charge in [0.1, 0.15) is 11.6 Å². The second-order valence-electron chi connectivity index (χ2n) is 7.36. The van der Waals surface area contributed by atoms with Crippen LogP contribution < -0.4 is 27.8 Å². The molecule has 0 aromatic carbocycles. The summed E-state index contributed by atoms with van der Waals surface area (Å²) in [7, 11) is 0. The first-order chi connectivity index (χ1) is 13.9. The lowest BCUT2D eigenvalue weighted by Gasteiger charge is -2.19. The first-order valence-electron chi connectivity index (χ1n) is 9.20. The van der Waals surface area contributed by atoms with Crippen molar-refractivity contribution in [1.82, 2.24) is 10.6 Å². The third-order valence-electron chi connectivity index (χ3n) is 3.51. The quantitative estimate of drug-likeness (QED) is 0.206. The molecule has 0 spiro atoms. The minimum absolute atomic E-state index is 0.206. The van der Waals surface area contributed by atoms with Gasteiger partial charge in [-0.3, -0.25) is 14.4 Å². The Kier molecular flexibility index (Phi) is 8.84. The standard InChI is InChI=1S/C18H28N6O6/c1-18(2,3)30-17(28)22-9-5-4-6-10(13(19)25)23-14(26)11-7-8-12(29-11)15(27)24-16(20)21/h7-8,10H,4-6,9H2,1-3H3,(H2,19,25)(H,22,28)(H,23,26)(H4,20,21,24,27). The summed E-state index contributed by atoms with van der Waals surface area (Å²) in [5, 5.41) is 5.04. The Bertz CT molecular complexity index is 806. The number of ether oxygens (including phenoxy) is 1. The number of carbonyl (C=O) groups excluding carboxylic acids is 4. The van der Waals surface area contributed by atoms with Gasteiger partial charge in [-0.2, -0.15) is 4.99 Å². The molecule has 12 nitrogen and oxygen atoms in total. The van der Waals surface area contributed by atoms with Crippen molar-refractivity contribution in [3.63, 3.8) is 0 Å². The first-order valence-corrected chi connectivity index (χ1v) is 9.20. The number of nitrogens with two attached hydrogens (primary N) is 3. The minimum atomic E-state index is -0.957. The predicted molar refractivity (Wildman–Crippen MR) is 107 cm³/mol. The number of guanidine groups is 1. The summed E-state index contributed by atoms with van der Waals surface area (Å²) in [5.74, 6) is -3.20. The topological polar surface area (TPSA) is 205 Å². The fourth-order valence-electron chi connectivity index (χ4n) is 2.24. The van der Waals surface area contributed by atoms with Crippen LogP contribution in [0.3, 0.4) is 0 Å². The maximum atomic E-state index is 12.2. The molecule has 0 saturated carbocycles. The van der Waals surface area contributed by atoms with Crippen LogP contribution in [-0.2, 0) is 9.53 Å². The van der Waals surface area contributed by atoms with Crippen LogP contribution in [0, 0.1) is 0 Å². The lowest BCUT2D eigenvalue weighted by molar-refractivity contribution is -0.120. The summed E-state index contributed by atoms with van der Waals surface area (Å²) in [6.45, 7) is 5.60. The lowest BCUT2D eigenvalue weighted by atomic mass is 10.1. The second-order valence-corrected chi connectivity index (χ2v) is 7.36. The van der Waals surface area contributed by atoms with Gasteiger partial charge < -0.3 is 37.0 Å². The SMILES string of the molecule is CC(C)(C)OC(=O)NCCCCC(NC(=O)c1ccc(C(=O)N=C(N)N)o1)C(N)=O. The van der Waals surface area contributed by atoms with Crippen molar-refractivity contribution in [2.45, 2.75) is 51.7 Å². The molecular formula is C18H28N6O6. The van der Waals surface area contributed by atoms with Crippen molar-refractivity contribution in [2.75, 3.05) is 6.54 Å². The number of unbranched alkanes of at least 4 members (excludes halogenated alkanes) is 1. The van der Waals surface area contributed by atoms with Gasteiger partial charge in [-0.05, 0) is 52.2 Å². The molecule has 1 aromatic heterocycles. The smallest absolute Gasteiger partial charge is 0.407 e. The van der Waals surface area contributed by atoms with E-state index in [-0.39, 0.29) is 17.9 Å². The Morgan fingerprint density at radius 3 is 2.30 bits per heavy atom. The Morgan fingerprint density at radius 1 is 1.10 bits per heavy atom. The molecule has 0 bridgehead atoms. The number of rotatable bonds is 9. The predicted octanol–water partition coefficient (Wildman–Crippen LogP) is -0.0281. The van der Waals surface area contributed by atoms with Gasteiger partial charge >= 0.3 is 12.0 Å². The average molecular weight is 424 g/mol. The molecule has 1 aromatic rings. The Morgan fingerprint density at radius 2 is 1.73 bits per heavy atom. The Balaban J connectivity index is 2.51. The highest BCUT2D eigenvalue weighted by Crippen LogP contribution is 2.11. The molecule has 1 heterocycles. The zero-order valence-electron chi connectivity index (χ0n) is 17.2. The van der Waals surface area contributed by atoms with E-state index in [1.807, 2.05) is 0 Å². The maximum absolute atomic E-state index is 12.2. The molecule has 8 N–H and O–H groups in total. The van der Waals surface area contributed by atoms with Crippen LogP contribution in [0.1, 0.15) is 61.1 Å². The number of hydrogen-bond donors (Lipinski definition) is 5. The molecule has 1 atom stereocenters. The van der Waals surface area contributed by atoms with Crippen molar-refractivity contribution in [2.24, 2.45) is 22.2 Å². The summed E-state index contributed by atoms with van der Waals surface area (Å²) < 4.78 is 10.2. The highest BCUT2D eigenvalue weighted by Gasteiger charge is 2.22. The Labute approximate surface area is 173 Å². The molecular weight excluding hydrogens is 396 g/mol. The molecule has 0 fully saturated rings. The number of hydrogen-bond acceptors (Lipinski definition) is 6. The average Bonchev–Trinajstić information content (AvgIpc) is 3.08. The van der Waals surface area contributed by atoms with E-state index in [1.165, 1.54) is 12.1 Å². The first kappa shape index (κ1) is 24.5. The summed E-state index contributed by atoms with van der Waals surface area (Å²) in [6, 6.07) is 1.51. The zero-order valence-corrected chi connectivity index (χ0v) is 17.2. The molecule has 0 radical (unpaired) electrons. The number of carbonyl (C=O) groups is 4. The van der Waals surface area contributed by atoms with Crippen LogP contribution in [0.4, 0.5) is 4.79 Å². The molecule has 12 heteroatoms. The van der Waals surface area contributed by atoms with E-state index in [0.717, 1.165) is 0 Å². The van der Waals surface area contributed by atoms with Gasteiger partial charge in [-0.15, -0.1) is 0 Å². The van der Waals surface area contributed by atoms with Gasteiger partial charge in [0, 0.05) is 6.54 Å². The maximum Gasteiger partial charge on any atom is 0.407 e. The number of nitrogens with one attached hydrogen (secondary N) is 2. The highest BCUT2D eigenvalue weighted by molar-refractivity contribution is 6.01. The van der Waals surface area contributed by atoms with Crippen molar-refractivity contribution >= 4 is 29.8 Å². The molecule has 0 aliphatic carbocycles. The van der Waals surface area contributed by atoms with Gasteiger partial charge in [0.2, 0.25) is 5.91 Å². The van der Waals surface area contributed by atoms with Gasteiger partial charge in [0.05, 0.1) is 0 Å². The van der Waals surface area contributed by atoms with Crippen LogP contribution in [0.5, 0.6) is 0 Å². The number of furan rings is 1. The van der Waals surface area contributed by atoms with Crippen LogP contribution >= 0.6 is 0 Å². The van der Waals surface area contributed by atoms with E-state index in [4.69, 9.17) is 26.4 Å². The minimum Gasteiger partial charge on any atom is -0.446 e. The van der Waals surface area contributed by atoms with Gasteiger partial charge in [0.25, 0.3) is 5.91 Å². The number of amides is 4.